The molecule has 31 heavy (non-hydrogen) atoms. The molecule has 2 aliphatic carbocycles. The summed E-state index contributed by atoms with van der Waals surface area (Å²) in [4.78, 5) is 23.9. The first-order valence-corrected chi connectivity index (χ1v) is 10.6. The van der Waals surface area contributed by atoms with Gasteiger partial charge in [-0.3, -0.25) is 9.59 Å². The molecule has 0 aromatic heterocycles. The molecular weight excluding hydrogens is 388 g/mol. The second-order valence-corrected chi connectivity index (χ2v) is 9.00. The van der Waals surface area contributed by atoms with Gasteiger partial charge >= 0.3 is 0 Å². The van der Waals surface area contributed by atoms with Crippen molar-refractivity contribution in [2.24, 2.45) is 11.7 Å². The maximum atomic E-state index is 12.2. The van der Waals surface area contributed by atoms with E-state index in [4.69, 9.17) is 5.73 Å². The average molecular weight is 417 g/mol. The number of rotatable bonds is 5. The average Bonchev–Trinajstić information content (AvgIpc) is 3.11. The number of amides is 2. The molecule has 0 bridgehead atoms. The normalized spacial score (nSPS) is 17.7. The largest absolute Gasteiger partial charge is 0.390 e. The number of nitrogens with two attached hydrogens (primary N) is 1. The molecule has 0 fully saturated rings. The van der Waals surface area contributed by atoms with E-state index in [0.29, 0.717) is 17.7 Å². The lowest BCUT2D eigenvalue weighted by Crippen LogP contribution is -2.32. The van der Waals surface area contributed by atoms with Gasteiger partial charge in [-0.25, -0.2) is 0 Å². The summed E-state index contributed by atoms with van der Waals surface area (Å²) in [5.41, 5.74) is 12.8. The Kier molecular flexibility index (Phi) is 5.31. The number of allylic oxidation sites excluding steroid dienone is 2. The minimum Gasteiger partial charge on any atom is -0.390 e. The minimum absolute atomic E-state index is 0.193. The van der Waals surface area contributed by atoms with Crippen molar-refractivity contribution in [2.45, 2.75) is 45.1 Å². The molecule has 4 N–H and O–H groups in total. The van der Waals surface area contributed by atoms with Crippen LogP contribution in [0.25, 0.3) is 16.7 Å². The number of hydrogen-bond acceptors (Lipinski definition) is 3. The van der Waals surface area contributed by atoms with Crippen molar-refractivity contribution in [1.82, 2.24) is 0 Å². The minimum atomic E-state index is -0.736. The number of benzene rings is 2. The summed E-state index contributed by atoms with van der Waals surface area (Å²) in [7, 11) is 0. The van der Waals surface area contributed by atoms with Gasteiger partial charge in [-0.2, -0.15) is 0 Å². The monoisotopic (exact) mass is 416 g/mol. The molecule has 0 aliphatic heterocycles. The Morgan fingerprint density at radius 3 is 2.71 bits per heavy atom. The van der Waals surface area contributed by atoms with Gasteiger partial charge in [0.25, 0.3) is 0 Å². The van der Waals surface area contributed by atoms with E-state index in [9.17, 15) is 14.7 Å². The van der Waals surface area contributed by atoms with Crippen LogP contribution in [0.2, 0.25) is 0 Å². The summed E-state index contributed by atoms with van der Waals surface area (Å²) < 4.78 is 0. The fraction of sp³-hybridized carbons (Fsp3) is 0.308. The van der Waals surface area contributed by atoms with Gasteiger partial charge in [0.15, 0.2) is 0 Å². The summed E-state index contributed by atoms with van der Waals surface area (Å²) in [6.45, 7) is 7.24. The maximum absolute atomic E-state index is 12.2. The van der Waals surface area contributed by atoms with Crippen LogP contribution in [-0.2, 0) is 11.2 Å². The molecule has 2 aliphatic rings. The van der Waals surface area contributed by atoms with Gasteiger partial charge in [0.2, 0.25) is 11.8 Å². The van der Waals surface area contributed by atoms with Crippen LogP contribution >= 0.6 is 0 Å². The van der Waals surface area contributed by atoms with E-state index in [1.54, 1.807) is 6.07 Å². The lowest BCUT2D eigenvalue weighted by Gasteiger charge is -2.33. The van der Waals surface area contributed by atoms with Gasteiger partial charge in [0.05, 0.1) is 5.60 Å². The van der Waals surface area contributed by atoms with Gasteiger partial charge in [-0.1, -0.05) is 30.4 Å². The smallest absolute Gasteiger partial charge is 0.249 e. The van der Waals surface area contributed by atoms with Crippen LogP contribution in [0.1, 0.15) is 54.6 Å². The van der Waals surface area contributed by atoms with Crippen molar-refractivity contribution >= 4 is 23.1 Å². The standard InChI is InChI=1S/C26H28N2O3/c1-4-23(29)28-18-7-5-6-15(13-18)19-10-11-21(25(27)30)22-14-16-12-17(26(2,3)31)8-9-20(16)24(19)22/h4-7,10-11,13,17,31H,1,8-9,12,14H2,2-3H3,(H2,27,30)(H,28,29). The number of fused-ring (bicyclic) bond motifs is 2. The second-order valence-electron chi connectivity index (χ2n) is 9.00. The van der Waals surface area contributed by atoms with Crippen LogP contribution in [0.3, 0.4) is 0 Å². The summed E-state index contributed by atoms with van der Waals surface area (Å²) in [6.07, 6.45) is 4.51. The van der Waals surface area contributed by atoms with Crippen LogP contribution in [0.15, 0.2) is 54.6 Å². The summed E-state index contributed by atoms with van der Waals surface area (Å²) in [5, 5.41) is 13.3. The molecule has 160 valence electrons. The fourth-order valence-electron chi connectivity index (χ4n) is 4.92. The number of carbonyl (C=O) groups excluding carboxylic acids is 2. The molecule has 5 nitrogen and oxygen atoms in total. The van der Waals surface area contributed by atoms with Gasteiger partial charge in [0.1, 0.15) is 0 Å². The summed E-state index contributed by atoms with van der Waals surface area (Å²) in [5.74, 6) is -0.492. The van der Waals surface area contributed by atoms with E-state index >= 15 is 0 Å². The molecule has 1 unspecified atom stereocenters. The Hall–Kier alpha value is -3.18. The SMILES string of the molecule is C=CC(=O)Nc1cccc(-c2ccc(C(N)=O)c3c2C2=C(C3)CC(C(C)(C)O)CC2)c1. The van der Waals surface area contributed by atoms with Crippen LogP contribution in [0.5, 0.6) is 0 Å². The lowest BCUT2D eigenvalue weighted by atomic mass is 9.76. The van der Waals surface area contributed by atoms with Crippen LogP contribution in [0.4, 0.5) is 5.69 Å². The molecule has 0 radical (unpaired) electrons. The highest BCUT2D eigenvalue weighted by Gasteiger charge is 2.37. The van der Waals surface area contributed by atoms with Crippen molar-refractivity contribution in [2.75, 3.05) is 5.32 Å². The number of carbonyl (C=O) groups is 2. The zero-order valence-electron chi connectivity index (χ0n) is 18.0. The van der Waals surface area contributed by atoms with Crippen molar-refractivity contribution in [3.63, 3.8) is 0 Å². The first kappa shape index (κ1) is 21.1. The van der Waals surface area contributed by atoms with Gasteiger partial charge in [-0.15, -0.1) is 0 Å². The van der Waals surface area contributed by atoms with E-state index in [1.807, 2.05) is 44.2 Å². The van der Waals surface area contributed by atoms with E-state index in [-0.39, 0.29) is 11.8 Å². The van der Waals surface area contributed by atoms with Crippen LogP contribution in [0, 0.1) is 5.92 Å². The lowest BCUT2D eigenvalue weighted by molar-refractivity contribution is -0.111. The predicted molar refractivity (Wildman–Crippen MR) is 123 cm³/mol. The fourth-order valence-corrected chi connectivity index (χ4v) is 4.92. The van der Waals surface area contributed by atoms with Gasteiger partial charge < -0.3 is 16.2 Å². The summed E-state index contributed by atoms with van der Waals surface area (Å²) in [6, 6.07) is 11.4. The highest BCUT2D eigenvalue weighted by Crippen LogP contribution is 2.49. The number of primary amides is 1. The molecule has 1 atom stereocenters. The zero-order chi connectivity index (χ0) is 22.3. The molecular formula is C26H28N2O3. The molecule has 2 amide bonds. The number of hydrogen-bond donors (Lipinski definition) is 3. The van der Waals surface area contributed by atoms with Crippen LogP contribution in [-0.4, -0.2) is 22.5 Å². The Balaban J connectivity index is 1.81. The number of anilines is 1. The molecule has 0 heterocycles. The van der Waals surface area contributed by atoms with E-state index in [2.05, 4.69) is 11.9 Å². The molecule has 2 aromatic rings. The highest BCUT2D eigenvalue weighted by molar-refractivity contribution is 6.01. The van der Waals surface area contributed by atoms with E-state index in [1.165, 1.54) is 17.2 Å². The quantitative estimate of drug-likeness (QED) is 0.629. The first-order valence-electron chi connectivity index (χ1n) is 10.6. The van der Waals surface area contributed by atoms with Crippen molar-refractivity contribution in [3.8, 4) is 11.1 Å². The maximum Gasteiger partial charge on any atom is 0.249 e. The molecule has 0 saturated carbocycles. The Labute approximate surface area is 182 Å². The van der Waals surface area contributed by atoms with Crippen LogP contribution < -0.4 is 11.1 Å². The zero-order valence-corrected chi connectivity index (χ0v) is 18.0. The first-order chi connectivity index (χ1) is 14.7. The van der Waals surface area contributed by atoms with Crippen molar-refractivity contribution in [3.05, 3.63) is 71.3 Å². The number of nitrogens with one attached hydrogen (secondary N) is 1. The molecule has 0 saturated heterocycles. The Morgan fingerprint density at radius 2 is 2.03 bits per heavy atom. The summed E-state index contributed by atoms with van der Waals surface area (Å²) >= 11 is 0. The molecule has 5 heteroatoms. The van der Waals surface area contributed by atoms with Gasteiger partial charge in [0, 0.05) is 11.3 Å². The van der Waals surface area contributed by atoms with E-state index in [0.717, 1.165) is 41.5 Å². The van der Waals surface area contributed by atoms with Gasteiger partial charge in [-0.05, 0) is 97.6 Å². The topological polar surface area (TPSA) is 92.4 Å². The second kappa shape index (κ2) is 7.82. The molecule has 4 rings (SSSR count). The van der Waals surface area contributed by atoms with Crippen molar-refractivity contribution < 1.29 is 14.7 Å². The van der Waals surface area contributed by atoms with E-state index < -0.39 is 11.5 Å². The Morgan fingerprint density at radius 1 is 1.26 bits per heavy atom. The third-order valence-corrected chi connectivity index (χ3v) is 6.56. The Bertz CT molecular complexity index is 1120. The highest BCUT2D eigenvalue weighted by atomic mass is 16.3. The third kappa shape index (κ3) is 3.93. The molecule has 0 spiro atoms. The number of aliphatic hydroxyl groups is 1. The van der Waals surface area contributed by atoms with Crippen molar-refractivity contribution in [1.29, 1.82) is 0 Å². The third-order valence-electron chi connectivity index (χ3n) is 6.56. The molecule has 2 aromatic carbocycles. The predicted octanol–water partition coefficient (Wildman–Crippen LogP) is 4.46.